The normalized spacial score (nSPS) is 18.3. The number of carbonyl (C=O) groups excluding carboxylic acids is 1. The smallest absolute Gasteiger partial charge is 0.416 e. The van der Waals surface area contributed by atoms with Crippen LogP contribution in [0.2, 0.25) is 0 Å². The van der Waals surface area contributed by atoms with Gasteiger partial charge in [0.25, 0.3) is 0 Å². The quantitative estimate of drug-likeness (QED) is 0.679. The minimum Gasteiger partial charge on any atom is -0.466 e. The Morgan fingerprint density at radius 3 is 2.37 bits per heavy atom. The molecule has 1 heterocycles. The van der Waals surface area contributed by atoms with Crippen LogP contribution in [0, 0.1) is 5.41 Å². The first-order chi connectivity index (χ1) is 12.5. The molecule has 0 spiro atoms. The van der Waals surface area contributed by atoms with Gasteiger partial charge >= 0.3 is 12.1 Å². The highest BCUT2D eigenvalue weighted by atomic mass is 32.2. The van der Waals surface area contributed by atoms with Gasteiger partial charge in [-0.1, -0.05) is 18.2 Å². The molecule has 0 aliphatic carbocycles. The summed E-state index contributed by atoms with van der Waals surface area (Å²) in [5, 5.41) is 0. The summed E-state index contributed by atoms with van der Waals surface area (Å²) in [4.78, 5) is 12.6. The van der Waals surface area contributed by atoms with Crippen molar-refractivity contribution in [3.63, 3.8) is 0 Å². The van der Waals surface area contributed by atoms with E-state index in [1.54, 1.807) is 19.9 Å². The molecule has 0 radical (unpaired) electrons. The lowest BCUT2D eigenvalue weighted by molar-refractivity contribution is -0.158. The maximum absolute atomic E-state index is 13.0. The Morgan fingerprint density at radius 2 is 1.85 bits per heavy atom. The van der Waals surface area contributed by atoms with Gasteiger partial charge in [-0.05, 0) is 44.7 Å². The fraction of sp³-hybridized carbons (Fsp3) is 0.611. The summed E-state index contributed by atoms with van der Waals surface area (Å²) in [6.45, 7) is 3.65. The Kier molecular flexibility index (Phi) is 6.57. The summed E-state index contributed by atoms with van der Waals surface area (Å²) in [5.74, 6) is -0.525. The van der Waals surface area contributed by atoms with Crippen molar-refractivity contribution >= 4 is 16.0 Å². The van der Waals surface area contributed by atoms with Gasteiger partial charge in [0.15, 0.2) is 0 Å². The van der Waals surface area contributed by atoms with E-state index in [-0.39, 0.29) is 44.7 Å². The molecular formula is C18H24F3NO4S. The molecule has 0 unspecified atom stereocenters. The van der Waals surface area contributed by atoms with Crippen LogP contribution in [0.15, 0.2) is 24.3 Å². The van der Waals surface area contributed by atoms with E-state index in [0.29, 0.717) is 5.56 Å². The number of nitrogens with zero attached hydrogens (tertiary/aromatic N) is 1. The summed E-state index contributed by atoms with van der Waals surface area (Å²) in [6, 6.07) is 4.88. The van der Waals surface area contributed by atoms with Gasteiger partial charge in [0.1, 0.15) is 0 Å². The third kappa shape index (κ3) is 5.01. The zero-order valence-corrected chi connectivity index (χ0v) is 16.2. The van der Waals surface area contributed by atoms with E-state index in [1.807, 2.05) is 0 Å². The lowest BCUT2D eigenvalue weighted by atomic mass is 9.74. The third-order valence-corrected chi connectivity index (χ3v) is 6.82. The summed E-state index contributed by atoms with van der Waals surface area (Å²) in [7, 11) is -3.38. The molecule has 2 rings (SSSR count). The number of esters is 1. The lowest BCUT2D eigenvalue weighted by Crippen LogP contribution is -2.48. The van der Waals surface area contributed by atoms with Crippen LogP contribution in [0.25, 0.3) is 0 Å². The fourth-order valence-electron chi connectivity index (χ4n) is 3.36. The van der Waals surface area contributed by atoms with Crippen molar-refractivity contribution in [1.82, 2.24) is 4.31 Å². The number of sulfonamides is 1. The standard InChI is InChI=1S/C18H24F3NO4S/c1-3-26-16(23)17(8-10-22(11-9-17)27(24,25)4-2)13-14-6-5-7-15(12-14)18(19,20)21/h5-7,12H,3-4,8-11,13H2,1-2H3. The largest absolute Gasteiger partial charge is 0.466 e. The van der Waals surface area contributed by atoms with E-state index in [4.69, 9.17) is 4.74 Å². The molecule has 1 aliphatic rings. The van der Waals surface area contributed by atoms with E-state index in [0.717, 1.165) is 12.1 Å². The number of carbonyl (C=O) groups is 1. The van der Waals surface area contributed by atoms with Gasteiger partial charge in [-0.15, -0.1) is 0 Å². The Labute approximate surface area is 157 Å². The molecule has 0 N–H and O–H groups in total. The van der Waals surface area contributed by atoms with E-state index in [2.05, 4.69) is 0 Å². The van der Waals surface area contributed by atoms with E-state index < -0.39 is 33.1 Å². The molecule has 5 nitrogen and oxygen atoms in total. The van der Waals surface area contributed by atoms with Gasteiger partial charge < -0.3 is 4.74 Å². The number of hydrogen-bond donors (Lipinski definition) is 0. The first kappa shape index (κ1) is 21.7. The Morgan fingerprint density at radius 1 is 1.22 bits per heavy atom. The molecular weight excluding hydrogens is 383 g/mol. The second kappa shape index (κ2) is 8.18. The average Bonchev–Trinajstić information content (AvgIpc) is 2.62. The zero-order chi connectivity index (χ0) is 20.3. The Bertz CT molecular complexity index is 769. The Hall–Kier alpha value is -1.61. The van der Waals surface area contributed by atoms with Crippen molar-refractivity contribution in [2.75, 3.05) is 25.4 Å². The SMILES string of the molecule is CCOC(=O)C1(Cc2cccc(C(F)(F)F)c2)CCN(S(=O)(=O)CC)CC1. The molecule has 152 valence electrons. The number of hydrogen-bond acceptors (Lipinski definition) is 4. The van der Waals surface area contributed by atoms with Crippen LogP contribution < -0.4 is 0 Å². The van der Waals surface area contributed by atoms with Crippen LogP contribution in [0.3, 0.4) is 0 Å². The molecule has 0 atom stereocenters. The topological polar surface area (TPSA) is 63.7 Å². The van der Waals surface area contributed by atoms with Gasteiger partial charge in [-0.2, -0.15) is 13.2 Å². The van der Waals surface area contributed by atoms with Gasteiger partial charge in [0.05, 0.1) is 23.3 Å². The molecule has 0 saturated carbocycles. The summed E-state index contributed by atoms with van der Waals surface area (Å²) in [5.41, 5.74) is -1.42. The number of alkyl halides is 3. The number of rotatable bonds is 6. The fourth-order valence-corrected chi connectivity index (χ4v) is 4.46. The van der Waals surface area contributed by atoms with Crippen LogP contribution >= 0.6 is 0 Å². The maximum Gasteiger partial charge on any atom is 0.416 e. The van der Waals surface area contributed by atoms with Crippen molar-refractivity contribution in [3.05, 3.63) is 35.4 Å². The number of ether oxygens (including phenoxy) is 1. The highest BCUT2D eigenvalue weighted by Crippen LogP contribution is 2.38. The molecule has 0 bridgehead atoms. The summed E-state index contributed by atoms with van der Waals surface area (Å²) < 4.78 is 69.6. The zero-order valence-electron chi connectivity index (χ0n) is 15.4. The number of piperidine rings is 1. The number of halogens is 3. The van der Waals surface area contributed by atoms with Crippen molar-refractivity contribution in [3.8, 4) is 0 Å². The van der Waals surface area contributed by atoms with Crippen molar-refractivity contribution in [2.24, 2.45) is 5.41 Å². The first-order valence-electron chi connectivity index (χ1n) is 8.85. The van der Waals surface area contributed by atoms with Crippen LogP contribution in [-0.4, -0.2) is 44.1 Å². The Balaban J connectivity index is 2.28. The highest BCUT2D eigenvalue weighted by Gasteiger charge is 2.44. The molecule has 1 aromatic carbocycles. The molecule has 0 aromatic heterocycles. The van der Waals surface area contributed by atoms with Crippen LogP contribution in [0.1, 0.15) is 37.8 Å². The molecule has 1 aliphatic heterocycles. The first-order valence-corrected chi connectivity index (χ1v) is 10.5. The predicted molar refractivity (Wildman–Crippen MR) is 94.5 cm³/mol. The highest BCUT2D eigenvalue weighted by molar-refractivity contribution is 7.89. The summed E-state index contributed by atoms with van der Waals surface area (Å²) >= 11 is 0. The van der Waals surface area contributed by atoms with Gasteiger partial charge in [0.2, 0.25) is 10.0 Å². The van der Waals surface area contributed by atoms with Crippen molar-refractivity contribution < 1.29 is 31.1 Å². The minimum absolute atomic E-state index is 0.0347. The number of benzene rings is 1. The van der Waals surface area contributed by atoms with Crippen molar-refractivity contribution in [2.45, 2.75) is 39.3 Å². The minimum atomic E-state index is -4.47. The van der Waals surface area contributed by atoms with E-state index in [1.165, 1.54) is 10.4 Å². The van der Waals surface area contributed by atoms with E-state index >= 15 is 0 Å². The molecule has 9 heteroatoms. The molecule has 27 heavy (non-hydrogen) atoms. The second-order valence-electron chi connectivity index (χ2n) is 6.68. The predicted octanol–water partition coefficient (Wildman–Crippen LogP) is 3.24. The third-order valence-electron chi connectivity index (χ3n) is 4.94. The van der Waals surface area contributed by atoms with Crippen LogP contribution in [0.4, 0.5) is 13.2 Å². The molecule has 1 aromatic rings. The summed E-state index contributed by atoms with van der Waals surface area (Å²) in [6.07, 6.45) is -3.97. The van der Waals surface area contributed by atoms with Crippen molar-refractivity contribution in [1.29, 1.82) is 0 Å². The average molecular weight is 407 g/mol. The van der Waals surface area contributed by atoms with Gasteiger partial charge in [0, 0.05) is 13.1 Å². The lowest BCUT2D eigenvalue weighted by Gasteiger charge is -2.39. The van der Waals surface area contributed by atoms with E-state index in [9.17, 15) is 26.4 Å². The molecule has 1 saturated heterocycles. The van der Waals surface area contributed by atoms with Crippen LogP contribution in [0.5, 0.6) is 0 Å². The molecule has 1 fully saturated rings. The maximum atomic E-state index is 13.0. The van der Waals surface area contributed by atoms with Gasteiger partial charge in [-0.3, -0.25) is 4.79 Å². The second-order valence-corrected chi connectivity index (χ2v) is 8.93. The monoisotopic (exact) mass is 407 g/mol. The molecule has 0 amide bonds. The van der Waals surface area contributed by atoms with Gasteiger partial charge in [-0.25, -0.2) is 12.7 Å². The van der Waals surface area contributed by atoms with Crippen LogP contribution in [-0.2, 0) is 32.2 Å².